The van der Waals surface area contributed by atoms with Crippen LogP contribution in [-0.4, -0.2) is 54.1 Å². The Hall–Kier alpha value is -4.34. The van der Waals surface area contributed by atoms with Gasteiger partial charge in [-0.3, -0.25) is 4.98 Å². The molecule has 38 heavy (non-hydrogen) atoms. The molecule has 202 valence electrons. The van der Waals surface area contributed by atoms with E-state index in [-0.39, 0.29) is 22.8 Å². The third-order valence-electron chi connectivity index (χ3n) is 5.17. The van der Waals surface area contributed by atoms with Crippen LogP contribution in [0, 0.1) is 0 Å². The molecule has 0 aliphatic heterocycles. The molecule has 14 heteroatoms. The number of carbonyl (C=O) groups is 1. The SMILES string of the molecule is COc1ccc(S(=O)(=O)N(Cc2cccnc2)c2nc3c(OC)cccc3cc2C(=O)O)cc1.NO.NO. The summed E-state index contributed by atoms with van der Waals surface area (Å²) in [6.45, 7) is -0.184. The number of hydrogen-bond donors (Lipinski definition) is 5. The molecule has 0 saturated heterocycles. The number of rotatable bonds is 8. The van der Waals surface area contributed by atoms with Gasteiger partial charge < -0.3 is 25.0 Å². The lowest BCUT2D eigenvalue weighted by Crippen LogP contribution is -2.33. The van der Waals surface area contributed by atoms with Crippen LogP contribution in [0.3, 0.4) is 0 Å². The summed E-state index contributed by atoms with van der Waals surface area (Å²) in [4.78, 5) is 20.7. The maximum atomic E-state index is 13.8. The fourth-order valence-electron chi connectivity index (χ4n) is 3.48. The number of para-hydroxylation sites is 1. The van der Waals surface area contributed by atoms with E-state index in [1.54, 1.807) is 36.5 Å². The molecule has 0 aliphatic carbocycles. The molecule has 0 unspecified atom stereocenters. The van der Waals surface area contributed by atoms with Crippen molar-refractivity contribution in [2.24, 2.45) is 11.8 Å². The van der Waals surface area contributed by atoms with Gasteiger partial charge in [0.05, 0.1) is 25.7 Å². The van der Waals surface area contributed by atoms with Crippen molar-refractivity contribution in [2.75, 3.05) is 18.5 Å². The Balaban J connectivity index is 0.00000121. The van der Waals surface area contributed by atoms with Crippen molar-refractivity contribution in [1.29, 1.82) is 0 Å². The molecule has 0 fully saturated rings. The standard InChI is InChI=1S/C24H21N3O6S.2H3NO/c1-32-18-8-10-19(11-9-18)34(30,31)27(15-16-5-4-12-25-14-16)23-20(24(28)29)13-17-6-3-7-21(33-2)22(17)26-23;2*1-2/h3-14H,15H2,1-2H3,(H,28,29);2*2H,1H2. The molecule has 0 spiro atoms. The summed E-state index contributed by atoms with van der Waals surface area (Å²) in [5.74, 6) is 6.33. The molecule has 2 aromatic heterocycles. The average molecular weight is 546 g/mol. The van der Waals surface area contributed by atoms with Gasteiger partial charge in [-0.15, -0.1) is 0 Å². The third-order valence-corrected chi connectivity index (χ3v) is 6.92. The van der Waals surface area contributed by atoms with E-state index in [0.717, 1.165) is 4.31 Å². The number of sulfonamides is 1. The number of nitrogens with two attached hydrogens (primary N) is 2. The lowest BCUT2D eigenvalue weighted by Gasteiger charge is -2.25. The van der Waals surface area contributed by atoms with E-state index < -0.39 is 16.0 Å². The first-order valence-electron chi connectivity index (χ1n) is 10.6. The second-order valence-electron chi connectivity index (χ2n) is 7.25. The molecule has 0 bridgehead atoms. The summed E-state index contributed by atoms with van der Waals surface area (Å²) in [5.41, 5.74) is 0.630. The fourth-order valence-corrected chi connectivity index (χ4v) is 4.90. The number of anilines is 1. The number of benzene rings is 2. The molecule has 0 aliphatic rings. The summed E-state index contributed by atoms with van der Waals surface area (Å²) in [6.07, 6.45) is 3.08. The van der Waals surface area contributed by atoms with Gasteiger partial charge in [-0.1, -0.05) is 18.2 Å². The highest BCUT2D eigenvalue weighted by molar-refractivity contribution is 7.92. The Labute approximate surface area is 218 Å². The van der Waals surface area contributed by atoms with Crippen LogP contribution in [0.4, 0.5) is 5.82 Å². The Bertz CT molecular complexity index is 1450. The van der Waals surface area contributed by atoms with Crippen LogP contribution in [0.15, 0.2) is 78.0 Å². The maximum Gasteiger partial charge on any atom is 0.339 e. The first-order valence-corrected chi connectivity index (χ1v) is 12.1. The second-order valence-corrected chi connectivity index (χ2v) is 9.11. The number of hydrogen-bond acceptors (Lipinski definition) is 11. The van der Waals surface area contributed by atoms with Gasteiger partial charge in [0.2, 0.25) is 0 Å². The first kappa shape index (κ1) is 29.9. The summed E-state index contributed by atoms with van der Waals surface area (Å²) in [6, 6.07) is 15.6. The van der Waals surface area contributed by atoms with Crippen molar-refractivity contribution in [3.8, 4) is 11.5 Å². The monoisotopic (exact) mass is 545 g/mol. The minimum absolute atomic E-state index is 0.0459. The van der Waals surface area contributed by atoms with Gasteiger partial charge in [0.1, 0.15) is 22.6 Å². The van der Waals surface area contributed by atoms with Gasteiger partial charge in [-0.05, 0) is 48.0 Å². The third kappa shape index (κ3) is 6.50. The van der Waals surface area contributed by atoms with Crippen molar-refractivity contribution >= 4 is 32.7 Å². The molecule has 0 saturated carbocycles. The predicted molar refractivity (Wildman–Crippen MR) is 138 cm³/mol. The summed E-state index contributed by atoms with van der Waals surface area (Å²) in [7, 11) is -1.30. The number of fused-ring (bicyclic) bond motifs is 1. The number of aromatic nitrogens is 2. The summed E-state index contributed by atoms with van der Waals surface area (Å²) >= 11 is 0. The van der Waals surface area contributed by atoms with Crippen molar-refractivity contribution in [1.82, 2.24) is 9.97 Å². The van der Waals surface area contributed by atoms with Gasteiger partial charge in [0.15, 0.2) is 5.82 Å². The smallest absolute Gasteiger partial charge is 0.339 e. The quantitative estimate of drug-likeness (QED) is 0.202. The Morgan fingerprint density at radius 3 is 2.21 bits per heavy atom. The highest BCUT2D eigenvalue weighted by Crippen LogP contribution is 2.33. The zero-order valence-electron chi connectivity index (χ0n) is 20.4. The fraction of sp³-hybridized carbons (Fsp3) is 0.125. The molecule has 0 amide bonds. The Kier molecular flexibility index (Phi) is 10.9. The van der Waals surface area contributed by atoms with E-state index in [1.165, 1.54) is 50.7 Å². The van der Waals surface area contributed by atoms with E-state index in [0.29, 0.717) is 28.0 Å². The van der Waals surface area contributed by atoms with Crippen molar-refractivity contribution < 1.29 is 38.2 Å². The van der Waals surface area contributed by atoms with Gasteiger partial charge >= 0.3 is 5.97 Å². The Morgan fingerprint density at radius 1 is 0.974 bits per heavy atom. The van der Waals surface area contributed by atoms with Crippen LogP contribution in [0.25, 0.3) is 10.9 Å². The molecule has 7 N–H and O–H groups in total. The van der Waals surface area contributed by atoms with Gasteiger partial charge in [0.25, 0.3) is 10.0 Å². The maximum absolute atomic E-state index is 13.8. The average Bonchev–Trinajstić information content (AvgIpc) is 2.97. The van der Waals surface area contributed by atoms with E-state index >= 15 is 0 Å². The summed E-state index contributed by atoms with van der Waals surface area (Å²) in [5, 5.41) is 23.5. The summed E-state index contributed by atoms with van der Waals surface area (Å²) < 4.78 is 39.1. The molecule has 2 heterocycles. The molecule has 2 aromatic carbocycles. The molecular weight excluding hydrogens is 518 g/mol. The van der Waals surface area contributed by atoms with Crippen LogP contribution in [0.1, 0.15) is 15.9 Å². The molecule has 4 aromatic rings. The zero-order valence-corrected chi connectivity index (χ0v) is 21.2. The number of aromatic carboxylic acids is 1. The lowest BCUT2D eigenvalue weighted by molar-refractivity contribution is 0.0697. The number of methoxy groups -OCH3 is 2. The van der Waals surface area contributed by atoms with Crippen molar-refractivity contribution in [2.45, 2.75) is 11.4 Å². The van der Waals surface area contributed by atoms with Gasteiger partial charge in [-0.25, -0.2) is 34.3 Å². The normalized spacial score (nSPS) is 10.4. The topological polar surface area (TPSA) is 211 Å². The number of carboxylic acids is 1. The van der Waals surface area contributed by atoms with Crippen LogP contribution in [-0.2, 0) is 16.6 Å². The van der Waals surface area contributed by atoms with Crippen molar-refractivity contribution in [3.63, 3.8) is 0 Å². The minimum Gasteiger partial charge on any atom is -0.497 e. The van der Waals surface area contributed by atoms with Crippen LogP contribution in [0.2, 0.25) is 0 Å². The van der Waals surface area contributed by atoms with Crippen molar-refractivity contribution in [3.05, 3.63) is 84.2 Å². The largest absolute Gasteiger partial charge is 0.497 e. The van der Waals surface area contributed by atoms with Gasteiger partial charge in [-0.2, -0.15) is 0 Å². The molecule has 0 atom stereocenters. The minimum atomic E-state index is -4.24. The highest BCUT2D eigenvalue weighted by Gasteiger charge is 2.31. The van der Waals surface area contributed by atoms with Gasteiger partial charge in [0, 0.05) is 17.8 Å². The van der Waals surface area contributed by atoms with E-state index in [1.807, 2.05) is 0 Å². The van der Waals surface area contributed by atoms with E-state index in [9.17, 15) is 18.3 Å². The Morgan fingerprint density at radius 2 is 1.66 bits per heavy atom. The highest BCUT2D eigenvalue weighted by atomic mass is 32.2. The number of pyridine rings is 2. The second kappa shape index (κ2) is 13.8. The predicted octanol–water partition coefficient (Wildman–Crippen LogP) is 2.41. The molecular formula is C24H27N5O8S. The van der Waals surface area contributed by atoms with E-state index in [4.69, 9.17) is 19.9 Å². The number of carboxylic acid groups (broad SMARTS) is 1. The zero-order chi connectivity index (χ0) is 28.3. The van der Waals surface area contributed by atoms with E-state index in [2.05, 4.69) is 21.8 Å². The van der Waals surface area contributed by atoms with Crippen LogP contribution < -0.4 is 25.6 Å². The first-order chi connectivity index (χ1) is 18.3. The number of nitrogens with zero attached hydrogens (tertiary/aromatic N) is 3. The molecule has 13 nitrogen and oxygen atoms in total. The molecule has 0 radical (unpaired) electrons. The van der Waals surface area contributed by atoms with Crippen LogP contribution in [0.5, 0.6) is 11.5 Å². The van der Waals surface area contributed by atoms with Crippen LogP contribution >= 0.6 is 0 Å². The number of ether oxygens (including phenoxy) is 2. The molecule has 4 rings (SSSR count). The lowest BCUT2D eigenvalue weighted by atomic mass is 10.1.